The number of fused-ring (bicyclic) bond motifs is 3. The Hall–Kier alpha value is -0.0800. The van der Waals surface area contributed by atoms with E-state index in [1.807, 2.05) is 0 Å². The first-order chi connectivity index (χ1) is 6.93. The van der Waals surface area contributed by atoms with Crippen molar-refractivity contribution in [3.05, 3.63) is 0 Å². The van der Waals surface area contributed by atoms with Crippen molar-refractivity contribution < 1.29 is 14.7 Å². The van der Waals surface area contributed by atoms with Gasteiger partial charge in [-0.3, -0.25) is 0 Å². The summed E-state index contributed by atoms with van der Waals surface area (Å²) in [4.78, 5) is 0.361. The first kappa shape index (κ1) is 1.95. The maximum atomic E-state index is 9.77. The molecule has 0 unspecified atom stereocenters. The average Bonchev–Trinajstić information content (AvgIpc) is 1.94. The van der Waals surface area contributed by atoms with Crippen molar-refractivity contribution in [2.45, 2.75) is 18.9 Å². The summed E-state index contributed by atoms with van der Waals surface area (Å²) in [6.45, 7) is -7.09. The summed E-state index contributed by atoms with van der Waals surface area (Å²) >= 11 is 0. The zero-order valence-electron chi connectivity index (χ0n) is 11.9. The highest BCUT2D eigenvalue weighted by molar-refractivity contribution is 4.85. The number of piperidine rings is 3. The molecule has 3 rings (SSSR count). The van der Waals surface area contributed by atoms with Crippen LogP contribution in [0.1, 0.15) is 22.4 Å². The van der Waals surface area contributed by atoms with E-state index >= 15 is 0 Å². The highest BCUT2D eigenvalue weighted by Gasteiger charge is 2.32. The topological polar surface area (TPSA) is 23.5 Å². The quantitative estimate of drug-likeness (QED) is 0.507. The average molecular weight is 134 g/mol. The third-order valence-electron chi connectivity index (χ3n) is 1.60. The smallest absolute Gasteiger partial charge is 0.0696 e. The van der Waals surface area contributed by atoms with E-state index in [4.69, 9.17) is 9.60 Å². The van der Waals surface area contributed by atoms with E-state index in [0.717, 1.165) is 0 Å². The molecule has 0 radical (unpaired) electrons. The molecule has 2 heteroatoms. The Bertz CT molecular complexity index is 311. The first-order valence-electron chi connectivity index (χ1n) is 6.46. The predicted octanol–water partition coefficient (Wildman–Crippen LogP) is 0.0729. The van der Waals surface area contributed by atoms with E-state index in [-0.39, 0.29) is 12.8 Å². The van der Waals surface area contributed by atoms with Crippen molar-refractivity contribution in [3.63, 3.8) is 0 Å². The Balaban J connectivity index is 2.56. The van der Waals surface area contributed by atoms with Gasteiger partial charge in [-0.25, -0.2) is 0 Å². The van der Waals surface area contributed by atoms with E-state index < -0.39 is 31.5 Å². The van der Waals surface area contributed by atoms with Crippen LogP contribution in [0.15, 0.2) is 0 Å². The van der Waals surface area contributed by atoms with Gasteiger partial charge in [-0.15, -0.1) is 0 Å². The lowest BCUT2D eigenvalue weighted by molar-refractivity contribution is -0.0227. The Morgan fingerprint density at radius 2 is 2.22 bits per heavy atom. The minimum absolute atomic E-state index is 0.230. The van der Waals surface area contributed by atoms with E-state index in [0.29, 0.717) is 4.90 Å². The van der Waals surface area contributed by atoms with Crippen LogP contribution in [0.3, 0.4) is 0 Å². The summed E-state index contributed by atoms with van der Waals surface area (Å²) in [6.07, 6.45) is -2.93. The van der Waals surface area contributed by atoms with Crippen molar-refractivity contribution in [3.8, 4) is 0 Å². The molecule has 0 aromatic carbocycles. The summed E-state index contributed by atoms with van der Waals surface area (Å²) in [5.41, 5.74) is 0. The summed E-state index contributed by atoms with van der Waals surface area (Å²) in [5.74, 6) is -1.04. The monoisotopic (exact) mass is 134 g/mol. The van der Waals surface area contributed by atoms with Crippen molar-refractivity contribution in [1.82, 2.24) is 4.90 Å². The van der Waals surface area contributed by atoms with Crippen molar-refractivity contribution >= 4 is 0 Å². The van der Waals surface area contributed by atoms with E-state index in [1.54, 1.807) is 0 Å². The molecule has 1 atom stereocenters. The third-order valence-corrected chi connectivity index (χ3v) is 1.60. The Morgan fingerprint density at radius 3 is 2.67 bits per heavy atom. The molecular weight excluding hydrogens is 114 g/mol. The summed E-state index contributed by atoms with van der Waals surface area (Å²) < 4.78 is 53.3. The summed E-state index contributed by atoms with van der Waals surface area (Å²) in [7, 11) is 0. The summed E-state index contributed by atoms with van der Waals surface area (Å²) in [5, 5.41) is 9.77. The van der Waals surface area contributed by atoms with Crippen LogP contribution in [-0.2, 0) is 0 Å². The van der Waals surface area contributed by atoms with Gasteiger partial charge in [0.1, 0.15) is 0 Å². The molecular formula is C7H13NO. The van der Waals surface area contributed by atoms with Crippen LogP contribution in [0.4, 0.5) is 0 Å². The molecule has 3 aliphatic rings. The van der Waals surface area contributed by atoms with Crippen LogP contribution in [0.25, 0.3) is 0 Å². The van der Waals surface area contributed by atoms with Crippen molar-refractivity contribution in [1.29, 1.82) is 0 Å². The largest absolute Gasteiger partial charge is 0.392 e. The standard InChI is InChI=1S/C7H13NO/c9-7-5-8-3-1-6(7)2-4-8/h6-7,9H,1-5H2/t7-/m0/s1/i3D2,4D2,5D2,7D. The number of rotatable bonds is 0. The van der Waals surface area contributed by atoms with Crippen molar-refractivity contribution in [2.75, 3.05) is 19.5 Å². The molecule has 0 amide bonds. The molecule has 3 saturated heterocycles. The molecule has 2 bridgehead atoms. The van der Waals surface area contributed by atoms with Gasteiger partial charge in [-0.1, -0.05) is 0 Å². The predicted molar refractivity (Wildman–Crippen MR) is 35.2 cm³/mol. The fourth-order valence-corrected chi connectivity index (χ4v) is 1.01. The van der Waals surface area contributed by atoms with E-state index in [1.165, 1.54) is 0 Å². The Morgan fingerprint density at radius 1 is 1.56 bits per heavy atom. The molecule has 9 heavy (non-hydrogen) atoms. The molecule has 0 spiro atoms. The molecule has 0 aliphatic carbocycles. The number of aliphatic hydroxyl groups is 1. The second-order valence-corrected chi connectivity index (χ2v) is 2.25. The van der Waals surface area contributed by atoms with Gasteiger partial charge >= 0.3 is 0 Å². The molecule has 0 aromatic rings. The Labute approximate surface area is 65.3 Å². The van der Waals surface area contributed by atoms with Gasteiger partial charge in [-0.05, 0) is 31.8 Å². The van der Waals surface area contributed by atoms with Crippen LogP contribution < -0.4 is 0 Å². The van der Waals surface area contributed by atoms with Crippen LogP contribution in [0.5, 0.6) is 0 Å². The number of hydrogen-bond acceptors (Lipinski definition) is 2. The third kappa shape index (κ3) is 0.864. The lowest BCUT2D eigenvalue weighted by Gasteiger charge is -2.42. The molecule has 3 fully saturated rings. The van der Waals surface area contributed by atoms with Gasteiger partial charge in [0.15, 0.2) is 0 Å². The fraction of sp³-hybridized carbons (Fsp3) is 1.00. The fourth-order valence-electron chi connectivity index (χ4n) is 1.01. The Kier molecular flexibility index (Phi) is 0.425. The van der Waals surface area contributed by atoms with Crippen LogP contribution in [-0.4, -0.2) is 35.6 Å². The summed E-state index contributed by atoms with van der Waals surface area (Å²) in [6, 6.07) is 0. The lowest BCUT2D eigenvalue weighted by atomic mass is 9.86. The zero-order chi connectivity index (χ0) is 12.6. The molecule has 3 heterocycles. The molecule has 1 N–H and O–H groups in total. The van der Waals surface area contributed by atoms with Crippen molar-refractivity contribution in [2.24, 2.45) is 5.92 Å². The molecule has 0 aromatic heterocycles. The first-order valence-corrected chi connectivity index (χ1v) is 2.96. The van der Waals surface area contributed by atoms with Gasteiger partial charge in [0.05, 0.1) is 7.45 Å². The van der Waals surface area contributed by atoms with Crippen LogP contribution in [0.2, 0.25) is 0 Å². The molecule has 3 aliphatic heterocycles. The zero-order valence-corrected chi connectivity index (χ0v) is 4.89. The highest BCUT2D eigenvalue weighted by atomic mass is 16.3. The molecule has 0 saturated carbocycles. The van der Waals surface area contributed by atoms with Gasteiger partial charge < -0.3 is 10.0 Å². The number of nitrogens with zero attached hydrogens (tertiary/aromatic N) is 1. The number of hydrogen-bond donors (Lipinski definition) is 1. The van der Waals surface area contributed by atoms with Gasteiger partial charge in [0, 0.05) is 14.7 Å². The van der Waals surface area contributed by atoms with Gasteiger partial charge in [0.2, 0.25) is 0 Å². The second-order valence-electron chi connectivity index (χ2n) is 2.25. The maximum Gasteiger partial charge on any atom is 0.0696 e. The van der Waals surface area contributed by atoms with Gasteiger partial charge in [-0.2, -0.15) is 0 Å². The molecule has 52 valence electrons. The normalized spacial score (nSPS) is 86.1. The van der Waals surface area contributed by atoms with Crippen LogP contribution >= 0.6 is 0 Å². The lowest BCUT2D eigenvalue weighted by Crippen LogP contribution is -2.50. The van der Waals surface area contributed by atoms with E-state index in [9.17, 15) is 5.11 Å². The maximum absolute atomic E-state index is 9.77. The minimum Gasteiger partial charge on any atom is -0.392 e. The highest BCUT2D eigenvalue weighted by Crippen LogP contribution is 2.26. The van der Waals surface area contributed by atoms with E-state index in [2.05, 4.69) is 0 Å². The van der Waals surface area contributed by atoms with Gasteiger partial charge in [0.25, 0.3) is 0 Å². The second kappa shape index (κ2) is 1.96. The molecule has 2 nitrogen and oxygen atoms in total. The minimum atomic E-state index is -2.73. The SMILES string of the molecule is [2H]C1([2H])CC2CC([2H])([2H])N1C([2H])([2H])[C@]2([2H])O. The van der Waals surface area contributed by atoms with Crippen LogP contribution in [0, 0.1) is 5.92 Å².